The molecule has 4 heterocycles. The number of likely N-dealkylation sites (tertiary alicyclic amines) is 1. The molecule has 4 rings (SSSR count). The molecule has 3 aromatic heterocycles. The molecule has 0 unspecified atom stereocenters. The second-order valence-electron chi connectivity index (χ2n) is 6.25. The third-order valence-corrected chi connectivity index (χ3v) is 4.65. The van der Waals surface area contributed by atoms with Gasteiger partial charge in [-0.05, 0) is 31.5 Å². The van der Waals surface area contributed by atoms with Crippen molar-refractivity contribution in [2.45, 2.75) is 31.8 Å². The molecule has 1 atom stereocenters. The molecule has 0 saturated carbocycles. The van der Waals surface area contributed by atoms with E-state index in [0.717, 1.165) is 25.1 Å². The van der Waals surface area contributed by atoms with E-state index in [1.165, 1.54) is 6.42 Å². The fourth-order valence-electron chi connectivity index (χ4n) is 3.43. The Hall–Kier alpha value is -2.54. The first-order valence-electron chi connectivity index (χ1n) is 8.28. The van der Waals surface area contributed by atoms with Crippen LogP contribution in [0.4, 0.5) is 0 Å². The summed E-state index contributed by atoms with van der Waals surface area (Å²) in [5.41, 5.74) is 1.58. The van der Waals surface area contributed by atoms with Crippen LogP contribution in [0.5, 0.6) is 0 Å². The summed E-state index contributed by atoms with van der Waals surface area (Å²) in [6, 6.07) is 6.30. The lowest BCUT2D eigenvalue weighted by molar-refractivity contribution is 0.133. The van der Waals surface area contributed by atoms with E-state index < -0.39 is 0 Å². The van der Waals surface area contributed by atoms with Crippen LogP contribution in [0, 0.1) is 0 Å². The molecular formula is C17H20N6O. The summed E-state index contributed by atoms with van der Waals surface area (Å²) < 4.78 is 1.64. The van der Waals surface area contributed by atoms with Gasteiger partial charge < -0.3 is 4.98 Å². The predicted octanol–water partition coefficient (Wildman–Crippen LogP) is 1.78. The summed E-state index contributed by atoms with van der Waals surface area (Å²) in [6.45, 7) is 1.59. The highest BCUT2D eigenvalue weighted by Gasteiger charge is 2.25. The van der Waals surface area contributed by atoms with E-state index in [-0.39, 0.29) is 11.6 Å². The number of H-pyrrole nitrogens is 1. The Kier molecular flexibility index (Phi) is 3.86. The van der Waals surface area contributed by atoms with Crippen molar-refractivity contribution in [3.8, 4) is 0 Å². The number of fused-ring (bicyclic) bond motifs is 1. The molecule has 1 aliphatic heterocycles. The Morgan fingerprint density at radius 3 is 3.08 bits per heavy atom. The number of nitrogens with zero attached hydrogens (tertiary/aromatic N) is 5. The number of hydrogen-bond donors (Lipinski definition) is 1. The highest BCUT2D eigenvalue weighted by Crippen LogP contribution is 2.30. The molecule has 1 saturated heterocycles. The smallest absolute Gasteiger partial charge is 0.262 e. The summed E-state index contributed by atoms with van der Waals surface area (Å²) >= 11 is 0. The van der Waals surface area contributed by atoms with Crippen LogP contribution in [-0.2, 0) is 13.6 Å². The molecule has 7 nitrogen and oxygen atoms in total. The lowest BCUT2D eigenvalue weighted by atomic mass is 9.99. The molecule has 24 heavy (non-hydrogen) atoms. The predicted molar refractivity (Wildman–Crippen MR) is 90.4 cm³/mol. The van der Waals surface area contributed by atoms with Gasteiger partial charge in [0.1, 0.15) is 11.2 Å². The van der Waals surface area contributed by atoms with Crippen LogP contribution < -0.4 is 5.56 Å². The maximum atomic E-state index is 12.2. The van der Waals surface area contributed by atoms with Crippen molar-refractivity contribution in [1.29, 1.82) is 0 Å². The molecule has 0 aliphatic carbocycles. The number of hydrogen-bond acceptors (Lipinski definition) is 5. The molecule has 3 aromatic rings. The molecule has 7 heteroatoms. The van der Waals surface area contributed by atoms with Crippen molar-refractivity contribution in [2.24, 2.45) is 7.05 Å². The van der Waals surface area contributed by atoms with E-state index >= 15 is 0 Å². The van der Waals surface area contributed by atoms with Crippen LogP contribution in [0.15, 0.2) is 35.4 Å². The van der Waals surface area contributed by atoms with Crippen LogP contribution in [0.3, 0.4) is 0 Å². The summed E-state index contributed by atoms with van der Waals surface area (Å²) in [5.74, 6) is 0.680. The maximum absolute atomic E-state index is 12.2. The Morgan fingerprint density at radius 2 is 2.25 bits per heavy atom. The van der Waals surface area contributed by atoms with Gasteiger partial charge in [0, 0.05) is 13.2 Å². The molecule has 1 fully saturated rings. The zero-order valence-corrected chi connectivity index (χ0v) is 13.6. The van der Waals surface area contributed by atoms with Crippen LogP contribution in [0.25, 0.3) is 11.0 Å². The third kappa shape index (κ3) is 2.71. The first-order valence-corrected chi connectivity index (χ1v) is 8.28. The minimum Gasteiger partial charge on any atom is -0.309 e. The third-order valence-electron chi connectivity index (χ3n) is 4.65. The standard InChI is InChI=1S/C17H20N6O/c1-22-16-12(10-19-22)17(24)21-15(20-16)11-23-9-5-3-7-14(23)13-6-2-4-8-18-13/h2,4,6,8,10,14H,3,5,7,9,11H2,1H3,(H,20,21,24)/t14-/m0/s1. The Balaban J connectivity index is 1.65. The minimum atomic E-state index is -0.130. The van der Waals surface area contributed by atoms with Gasteiger partial charge >= 0.3 is 0 Å². The molecule has 124 valence electrons. The quantitative estimate of drug-likeness (QED) is 0.794. The summed E-state index contributed by atoms with van der Waals surface area (Å²) in [5, 5.41) is 4.65. The highest BCUT2D eigenvalue weighted by atomic mass is 16.1. The lowest BCUT2D eigenvalue weighted by Gasteiger charge is -2.34. The van der Waals surface area contributed by atoms with Gasteiger partial charge in [-0.3, -0.25) is 19.4 Å². The number of pyridine rings is 1. The summed E-state index contributed by atoms with van der Waals surface area (Å²) in [7, 11) is 1.80. The Bertz CT molecular complexity index is 900. The molecule has 0 radical (unpaired) electrons. The first-order chi connectivity index (χ1) is 11.7. The highest BCUT2D eigenvalue weighted by molar-refractivity contribution is 5.72. The van der Waals surface area contributed by atoms with Crippen molar-refractivity contribution in [3.05, 3.63) is 52.5 Å². The topological polar surface area (TPSA) is 79.7 Å². The first kappa shape index (κ1) is 15.0. The van der Waals surface area contributed by atoms with Crippen molar-refractivity contribution >= 4 is 11.0 Å². The Labute approximate surface area is 139 Å². The van der Waals surface area contributed by atoms with E-state index in [4.69, 9.17) is 0 Å². The molecular weight excluding hydrogens is 304 g/mol. The lowest BCUT2D eigenvalue weighted by Crippen LogP contribution is -2.34. The monoisotopic (exact) mass is 324 g/mol. The number of aromatic amines is 1. The van der Waals surface area contributed by atoms with Crippen molar-refractivity contribution in [2.75, 3.05) is 6.54 Å². The van der Waals surface area contributed by atoms with E-state index in [1.54, 1.807) is 17.9 Å². The molecule has 0 aromatic carbocycles. The molecule has 0 amide bonds. The van der Waals surface area contributed by atoms with Crippen LogP contribution in [0.1, 0.15) is 36.8 Å². The fourth-order valence-corrected chi connectivity index (χ4v) is 3.43. The van der Waals surface area contributed by atoms with Gasteiger partial charge in [-0.15, -0.1) is 0 Å². The number of piperidine rings is 1. The average molecular weight is 324 g/mol. The van der Waals surface area contributed by atoms with E-state index in [0.29, 0.717) is 23.4 Å². The SMILES string of the molecule is Cn1ncc2c(=O)[nH]c(CN3CCCC[C@H]3c3ccccn3)nc21. The van der Waals surface area contributed by atoms with Crippen molar-refractivity contribution in [3.63, 3.8) is 0 Å². The number of rotatable bonds is 3. The fraction of sp³-hybridized carbons (Fsp3) is 0.412. The van der Waals surface area contributed by atoms with Gasteiger partial charge in [0.2, 0.25) is 0 Å². The summed E-state index contributed by atoms with van der Waals surface area (Å²) in [6.07, 6.45) is 6.83. The second-order valence-corrected chi connectivity index (χ2v) is 6.25. The van der Waals surface area contributed by atoms with E-state index in [2.05, 4.69) is 31.0 Å². The van der Waals surface area contributed by atoms with Gasteiger partial charge in [0.05, 0.1) is 24.5 Å². The average Bonchev–Trinajstić information content (AvgIpc) is 2.98. The molecule has 1 N–H and O–H groups in total. The van der Waals surface area contributed by atoms with Crippen molar-refractivity contribution in [1.82, 2.24) is 29.6 Å². The number of aryl methyl sites for hydroxylation is 1. The molecule has 0 spiro atoms. The maximum Gasteiger partial charge on any atom is 0.262 e. The van der Waals surface area contributed by atoms with Crippen LogP contribution in [-0.4, -0.2) is 36.2 Å². The van der Waals surface area contributed by atoms with Gasteiger partial charge in [0.15, 0.2) is 5.65 Å². The van der Waals surface area contributed by atoms with Gasteiger partial charge in [-0.25, -0.2) is 4.98 Å². The number of aromatic nitrogens is 5. The van der Waals surface area contributed by atoms with E-state index in [1.807, 2.05) is 18.3 Å². The van der Waals surface area contributed by atoms with Crippen molar-refractivity contribution < 1.29 is 0 Å². The zero-order chi connectivity index (χ0) is 16.5. The van der Waals surface area contributed by atoms with Crippen LogP contribution >= 0.6 is 0 Å². The van der Waals surface area contributed by atoms with Crippen LogP contribution in [0.2, 0.25) is 0 Å². The van der Waals surface area contributed by atoms with E-state index in [9.17, 15) is 4.79 Å². The zero-order valence-electron chi connectivity index (χ0n) is 13.6. The number of nitrogens with one attached hydrogen (secondary N) is 1. The Morgan fingerprint density at radius 1 is 1.33 bits per heavy atom. The van der Waals surface area contributed by atoms with Gasteiger partial charge in [0.25, 0.3) is 5.56 Å². The largest absolute Gasteiger partial charge is 0.309 e. The van der Waals surface area contributed by atoms with Gasteiger partial charge in [-0.1, -0.05) is 12.5 Å². The van der Waals surface area contributed by atoms with Gasteiger partial charge in [-0.2, -0.15) is 5.10 Å². The normalized spacial score (nSPS) is 19.0. The molecule has 1 aliphatic rings. The second kappa shape index (κ2) is 6.16. The molecule has 0 bridgehead atoms. The minimum absolute atomic E-state index is 0.130. The summed E-state index contributed by atoms with van der Waals surface area (Å²) in [4.78, 5) is 26.6.